The minimum absolute atomic E-state index is 0.198. The highest BCUT2D eigenvalue weighted by Gasteiger charge is 2.00. The molecule has 2 aromatic carbocycles. The Hall–Kier alpha value is -2.99. The zero-order valence-corrected chi connectivity index (χ0v) is 13.9. The van der Waals surface area contributed by atoms with Gasteiger partial charge in [0.05, 0.1) is 11.8 Å². The molecule has 0 aliphatic heterocycles. The maximum absolute atomic E-state index is 12.0. The van der Waals surface area contributed by atoms with Crippen LogP contribution in [0.2, 0.25) is 0 Å². The van der Waals surface area contributed by atoms with Crippen LogP contribution in [0, 0.1) is 6.92 Å². The molecule has 6 heteroatoms. The number of para-hydroxylation sites is 1. The van der Waals surface area contributed by atoms with Crippen LogP contribution in [-0.2, 0) is 0 Å². The van der Waals surface area contributed by atoms with Crippen molar-refractivity contribution in [2.45, 2.75) is 6.92 Å². The molecule has 0 fully saturated rings. The standard InChI is InChI=1S/C18H16N4OS/c1-12-6-8-15(9-7-12)20-18(24)22-19-11-14-10-13-4-2-3-5-16(13)21-17(14)23/h2-11H,1H3,(H,21,23)(H2,20,22,24)/b19-11+. The number of aromatic nitrogens is 1. The van der Waals surface area contributed by atoms with Gasteiger partial charge in [0, 0.05) is 11.2 Å². The van der Waals surface area contributed by atoms with Gasteiger partial charge in [-0.2, -0.15) is 5.10 Å². The highest BCUT2D eigenvalue weighted by atomic mass is 32.1. The molecule has 0 radical (unpaired) electrons. The van der Waals surface area contributed by atoms with E-state index >= 15 is 0 Å². The molecule has 3 N–H and O–H groups in total. The van der Waals surface area contributed by atoms with E-state index < -0.39 is 0 Å². The van der Waals surface area contributed by atoms with Crippen LogP contribution >= 0.6 is 12.2 Å². The van der Waals surface area contributed by atoms with Crippen molar-refractivity contribution in [3.05, 3.63) is 76.1 Å². The summed E-state index contributed by atoms with van der Waals surface area (Å²) in [5.74, 6) is 0. The van der Waals surface area contributed by atoms with E-state index in [0.717, 1.165) is 16.6 Å². The number of hydrazone groups is 1. The van der Waals surface area contributed by atoms with E-state index in [1.165, 1.54) is 11.8 Å². The Morgan fingerprint density at radius 1 is 1.17 bits per heavy atom. The molecular weight excluding hydrogens is 320 g/mol. The fraction of sp³-hybridized carbons (Fsp3) is 0.0556. The first-order valence-electron chi connectivity index (χ1n) is 7.40. The lowest BCUT2D eigenvalue weighted by molar-refractivity contribution is 1.05. The first-order valence-corrected chi connectivity index (χ1v) is 7.81. The van der Waals surface area contributed by atoms with Gasteiger partial charge in [0.2, 0.25) is 0 Å². The molecule has 0 saturated heterocycles. The van der Waals surface area contributed by atoms with Crippen LogP contribution in [-0.4, -0.2) is 16.3 Å². The highest BCUT2D eigenvalue weighted by molar-refractivity contribution is 7.80. The number of aromatic amines is 1. The minimum Gasteiger partial charge on any atom is -0.331 e. The van der Waals surface area contributed by atoms with E-state index in [2.05, 4.69) is 20.8 Å². The van der Waals surface area contributed by atoms with Crippen LogP contribution in [0.1, 0.15) is 11.1 Å². The third-order valence-electron chi connectivity index (χ3n) is 3.46. The van der Waals surface area contributed by atoms with Gasteiger partial charge in [-0.25, -0.2) is 0 Å². The van der Waals surface area contributed by atoms with Crippen LogP contribution in [0.25, 0.3) is 10.9 Å². The van der Waals surface area contributed by atoms with Crippen LogP contribution in [0.5, 0.6) is 0 Å². The first-order chi connectivity index (χ1) is 11.6. The molecule has 24 heavy (non-hydrogen) atoms. The number of pyridine rings is 1. The van der Waals surface area contributed by atoms with Gasteiger partial charge in [0.15, 0.2) is 5.11 Å². The first kappa shape index (κ1) is 15.9. The van der Waals surface area contributed by atoms with Crippen molar-refractivity contribution in [2.75, 3.05) is 5.32 Å². The SMILES string of the molecule is Cc1ccc(NC(=S)N/N=C/c2cc3ccccc3[nH]c2=O)cc1. The summed E-state index contributed by atoms with van der Waals surface area (Å²) in [6.45, 7) is 2.02. The Bertz CT molecular complexity index is 961. The summed E-state index contributed by atoms with van der Waals surface area (Å²) in [5, 5.41) is 8.34. The topological polar surface area (TPSA) is 69.3 Å². The number of nitrogens with zero attached hydrogens (tertiary/aromatic N) is 1. The second-order valence-corrected chi connectivity index (χ2v) is 5.74. The number of fused-ring (bicyclic) bond motifs is 1. The molecule has 0 spiro atoms. The van der Waals surface area contributed by atoms with Gasteiger partial charge in [-0.05, 0) is 48.8 Å². The number of thiocarbonyl (C=S) groups is 1. The number of anilines is 1. The molecule has 5 nitrogen and oxygen atoms in total. The predicted octanol–water partition coefficient (Wildman–Crippen LogP) is 3.16. The molecule has 0 atom stereocenters. The van der Waals surface area contributed by atoms with Gasteiger partial charge < -0.3 is 10.3 Å². The number of rotatable bonds is 3. The fourth-order valence-electron chi connectivity index (χ4n) is 2.22. The molecule has 1 heterocycles. The average molecular weight is 336 g/mol. The monoisotopic (exact) mass is 336 g/mol. The molecular formula is C18H16N4OS. The zero-order valence-electron chi connectivity index (χ0n) is 13.0. The summed E-state index contributed by atoms with van der Waals surface area (Å²) in [6, 6.07) is 17.2. The van der Waals surface area contributed by atoms with Gasteiger partial charge in [0.25, 0.3) is 5.56 Å². The summed E-state index contributed by atoms with van der Waals surface area (Å²) in [7, 11) is 0. The second kappa shape index (κ2) is 7.06. The van der Waals surface area contributed by atoms with E-state index in [1.54, 1.807) is 6.07 Å². The second-order valence-electron chi connectivity index (χ2n) is 5.33. The summed E-state index contributed by atoms with van der Waals surface area (Å²) < 4.78 is 0. The largest absolute Gasteiger partial charge is 0.331 e. The van der Waals surface area contributed by atoms with Crippen LogP contribution in [0.3, 0.4) is 0 Å². The molecule has 3 rings (SSSR count). The summed E-state index contributed by atoms with van der Waals surface area (Å²) in [5.41, 5.74) is 5.81. The number of H-pyrrole nitrogens is 1. The van der Waals surface area contributed by atoms with E-state index in [0.29, 0.717) is 10.7 Å². The predicted molar refractivity (Wildman–Crippen MR) is 103 cm³/mol. The van der Waals surface area contributed by atoms with Crippen molar-refractivity contribution in [3.63, 3.8) is 0 Å². The minimum atomic E-state index is -0.198. The van der Waals surface area contributed by atoms with Gasteiger partial charge in [-0.3, -0.25) is 10.2 Å². The van der Waals surface area contributed by atoms with E-state index in [4.69, 9.17) is 12.2 Å². The Morgan fingerprint density at radius 2 is 1.92 bits per heavy atom. The van der Waals surface area contributed by atoms with Crippen LogP contribution in [0.15, 0.2) is 64.5 Å². The van der Waals surface area contributed by atoms with Gasteiger partial charge in [0.1, 0.15) is 0 Å². The molecule has 3 aromatic rings. The average Bonchev–Trinajstić information content (AvgIpc) is 2.57. The Morgan fingerprint density at radius 3 is 2.71 bits per heavy atom. The third kappa shape index (κ3) is 3.85. The van der Waals surface area contributed by atoms with E-state index in [9.17, 15) is 4.79 Å². The van der Waals surface area contributed by atoms with Crippen molar-refractivity contribution in [1.29, 1.82) is 0 Å². The van der Waals surface area contributed by atoms with Crippen molar-refractivity contribution in [3.8, 4) is 0 Å². The molecule has 0 saturated carbocycles. The van der Waals surface area contributed by atoms with E-state index in [1.807, 2.05) is 55.5 Å². The maximum Gasteiger partial charge on any atom is 0.257 e. The van der Waals surface area contributed by atoms with E-state index in [-0.39, 0.29) is 5.56 Å². The molecule has 0 unspecified atom stereocenters. The smallest absolute Gasteiger partial charge is 0.257 e. The zero-order chi connectivity index (χ0) is 16.9. The van der Waals surface area contributed by atoms with Crippen molar-refractivity contribution >= 4 is 40.1 Å². The fourth-order valence-corrected chi connectivity index (χ4v) is 2.39. The van der Waals surface area contributed by atoms with Crippen molar-refractivity contribution in [2.24, 2.45) is 5.10 Å². The quantitative estimate of drug-likeness (QED) is 0.390. The lowest BCUT2D eigenvalue weighted by Crippen LogP contribution is -2.24. The molecule has 0 bridgehead atoms. The molecule has 1 aromatic heterocycles. The van der Waals surface area contributed by atoms with Gasteiger partial charge in [-0.1, -0.05) is 35.9 Å². The number of hydrogen-bond acceptors (Lipinski definition) is 3. The third-order valence-corrected chi connectivity index (χ3v) is 3.65. The lowest BCUT2D eigenvalue weighted by atomic mass is 10.2. The number of nitrogens with one attached hydrogen (secondary N) is 3. The molecule has 0 amide bonds. The Labute approximate surface area is 144 Å². The summed E-state index contributed by atoms with van der Waals surface area (Å²) in [6.07, 6.45) is 1.45. The normalized spacial score (nSPS) is 10.9. The highest BCUT2D eigenvalue weighted by Crippen LogP contribution is 2.09. The Balaban J connectivity index is 1.67. The van der Waals surface area contributed by atoms with Crippen LogP contribution in [0.4, 0.5) is 5.69 Å². The number of hydrogen-bond donors (Lipinski definition) is 3. The summed E-state index contributed by atoms with van der Waals surface area (Å²) in [4.78, 5) is 14.8. The van der Waals surface area contributed by atoms with Crippen molar-refractivity contribution < 1.29 is 0 Å². The Kier molecular flexibility index (Phi) is 4.67. The number of benzene rings is 2. The van der Waals surface area contributed by atoms with Crippen LogP contribution < -0.4 is 16.3 Å². The van der Waals surface area contributed by atoms with Gasteiger partial charge in [-0.15, -0.1) is 0 Å². The van der Waals surface area contributed by atoms with Gasteiger partial charge >= 0.3 is 0 Å². The lowest BCUT2D eigenvalue weighted by Gasteiger charge is -2.07. The molecule has 0 aliphatic carbocycles. The number of aryl methyl sites for hydroxylation is 1. The molecule has 0 aliphatic rings. The summed E-state index contributed by atoms with van der Waals surface area (Å²) >= 11 is 5.17. The maximum atomic E-state index is 12.0. The van der Waals surface area contributed by atoms with Crippen molar-refractivity contribution in [1.82, 2.24) is 10.4 Å². The molecule has 120 valence electrons.